The van der Waals surface area contributed by atoms with Gasteiger partial charge in [-0.1, -0.05) is 85.0 Å². The number of carbonyl (C=O) groups excluding carboxylic acids is 1. The molecule has 1 unspecified atom stereocenters. The third-order valence-corrected chi connectivity index (χ3v) is 9.76. The molecular formula is C34H43IO6. The molecule has 0 radical (unpaired) electrons. The summed E-state index contributed by atoms with van der Waals surface area (Å²) in [6, 6.07) is 8.34. The van der Waals surface area contributed by atoms with E-state index in [2.05, 4.69) is 84.4 Å². The van der Waals surface area contributed by atoms with Crippen LogP contribution in [0.3, 0.4) is 0 Å². The Morgan fingerprint density at radius 2 is 1.80 bits per heavy atom. The highest BCUT2D eigenvalue weighted by Crippen LogP contribution is 2.38. The molecule has 8 bridgehead atoms. The number of carbonyl (C=O) groups is 1. The Labute approximate surface area is 258 Å². The minimum absolute atomic E-state index is 0.0102. The Morgan fingerprint density at radius 3 is 2.63 bits per heavy atom. The van der Waals surface area contributed by atoms with Crippen molar-refractivity contribution in [2.75, 3.05) is 6.61 Å². The van der Waals surface area contributed by atoms with Crippen molar-refractivity contribution in [2.45, 2.75) is 102 Å². The highest BCUT2D eigenvalue weighted by Gasteiger charge is 2.43. The summed E-state index contributed by atoms with van der Waals surface area (Å²) < 4.78 is 33.7. The Hall–Kier alpha value is -1.78. The fourth-order valence-electron chi connectivity index (χ4n) is 6.61. The molecule has 4 aliphatic heterocycles. The van der Waals surface area contributed by atoms with Crippen molar-refractivity contribution in [3.63, 3.8) is 0 Å². The summed E-state index contributed by atoms with van der Waals surface area (Å²) >= 11 is 2.26. The average Bonchev–Trinajstić information content (AvgIpc) is 2.95. The maximum absolute atomic E-state index is 13.0. The van der Waals surface area contributed by atoms with Crippen molar-refractivity contribution < 1.29 is 28.5 Å². The summed E-state index contributed by atoms with van der Waals surface area (Å²) in [4.78, 5) is 13.0. The van der Waals surface area contributed by atoms with E-state index < -0.39 is 6.29 Å². The summed E-state index contributed by atoms with van der Waals surface area (Å²) in [5.74, 6) is -0.232. The zero-order chi connectivity index (χ0) is 28.9. The first kappa shape index (κ1) is 30.7. The number of halogens is 1. The van der Waals surface area contributed by atoms with E-state index in [4.69, 9.17) is 23.7 Å². The molecule has 0 saturated carbocycles. The molecule has 0 aliphatic carbocycles. The van der Waals surface area contributed by atoms with E-state index >= 15 is 0 Å². The minimum Gasteiger partial charge on any atom is -0.458 e. The van der Waals surface area contributed by atoms with Gasteiger partial charge >= 0.3 is 5.97 Å². The van der Waals surface area contributed by atoms with Crippen LogP contribution < -0.4 is 0 Å². The fourth-order valence-corrected chi connectivity index (χ4v) is 6.96. The molecule has 0 amide bonds. The molecule has 6 nitrogen and oxygen atoms in total. The van der Waals surface area contributed by atoms with Crippen LogP contribution in [0.4, 0.5) is 0 Å². The van der Waals surface area contributed by atoms with E-state index in [-0.39, 0.29) is 54.4 Å². The zero-order valence-corrected chi connectivity index (χ0v) is 26.5. The van der Waals surface area contributed by atoms with Gasteiger partial charge in [-0.3, -0.25) is 0 Å². The van der Waals surface area contributed by atoms with E-state index in [1.54, 1.807) is 6.08 Å². The molecule has 0 spiro atoms. The van der Waals surface area contributed by atoms with Gasteiger partial charge < -0.3 is 23.7 Å². The van der Waals surface area contributed by atoms with Crippen molar-refractivity contribution in [3.8, 4) is 0 Å². The average molecular weight is 675 g/mol. The number of hydrogen-bond donors (Lipinski definition) is 0. The third-order valence-electron chi connectivity index (χ3n) is 8.78. The van der Waals surface area contributed by atoms with Gasteiger partial charge in [0.15, 0.2) is 6.29 Å². The number of rotatable bonds is 1. The lowest BCUT2D eigenvalue weighted by Crippen LogP contribution is -2.50. The van der Waals surface area contributed by atoms with E-state index in [1.165, 1.54) is 5.57 Å². The van der Waals surface area contributed by atoms with Crippen LogP contribution in [0.5, 0.6) is 0 Å². The predicted molar refractivity (Wildman–Crippen MR) is 168 cm³/mol. The van der Waals surface area contributed by atoms with Crippen molar-refractivity contribution >= 4 is 34.6 Å². The van der Waals surface area contributed by atoms with Gasteiger partial charge in [0, 0.05) is 29.9 Å². The van der Waals surface area contributed by atoms with Crippen molar-refractivity contribution in [3.05, 3.63) is 75.4 Å². The standard InChI is InChI=1S/C34H43IO6/c1-21-16-27-11-7-13-31(36)41-33-23(3)30(40-32(24(33)4)22(2)20-35)12-6-9-25-8-5-10-26(18-25)34-37-15-14-28(39-34)19-29(17-21)38-27/h5-10,13,18,20,23-24,27-30,32-34H,1,11-12,14-17,19H2,2-4H3/b9-6+,13-7-,22-20-/t23-,24-,27-,28+,29?,30-,32+,33-,34+/m0/s1. The normalized spacial score (nSPS) is 38.7. The molecular weight excluding hydrogens is 631 g/mol. The second-order valence-corrected chi connectivity index (χ2v) is 12.7. The van der Waals surface area contributed by atoms with Gasteiger partial charge in [0.1, 0.15) is 6.10 Å². The first-order valence-electron chi connectivity index (χ1n) is 15.0. The van der Waals surface area contributed by atoms with E-state index in [1.807, 2.05) is 12.1 Å². The lowest BCUT2D eigenvalue weighted by atomic mass is 9.79. The van der Waals surface area contributed by atoms with E-state index in [0.29, 0.717) is 13.0 Å². The summed E-state index contributed by atoms with van der Waals surface area (Å²) in [6.07, 6.45) is 11.6. The molecule has 0 aromatic heterocycles. The Bertz CT molecular complexity index is 1170. The maximum Gasteiger partial charge on any atom is 0.330 e. The van der Waals surface area contributed by atoms with Gasteiger partial charge in [0.2, 0.25) is 0 Å². The smallest absolute Gasteiger partial charge is 0.330 e. The van der Waals surface area contributed by atoms with E-state index in [0.717, 1.165) is 48.8 Å². The molecule has 1 aromatic rings. The molecule has 1 aromatic carbocycles. The van der Waals surface area contributed by atoms with Crippen LogP contribution in [-0.4, -0.2) is 49.2 Å². The first-order valence-corrected chi connectivity index (χ1v) is 16.2. The molecule has 9 atom stereocenters. The topological polar surface area (TPSA) is 63.2 Å². The van der Waals surface area contributed by atoms with Crippen LogP contribution in [0.25, 0.3) is 6.08 Å². The maximum atomic E-state index is 13.0. The molecule has 3 fully saturated rings. The number of hydrogen-bond acceptors (Lipinski definition) is 6. The molecule has 41 heavy (non-hydrogen) atoms. The van der Waals surface area contributed by atoms with Crippen LogP contribution in [0.15, 0.2) is 64.3 Å². The molecule has 222 valence electrons. The van der Waals surface area contributed by atoms with Gasteiger partial charge in [-0.2, -0.15) is 0 Å². The second-order valence-electron chi connectivity index (χ2n) is 12.0. The van der Waals surface area contributed by atoms with Crippen LogP contribution >= 0.6 is 22.6 Å². The van der Waals surface area contributed by atoms with Crippen molar-refractivity contribution in [2.24, 2.45) is 11.8 Å². The molecule has 7 heteroatoms. The summed E-state index contributed by atoms with van der Waals surface area (Å²) in [5.41, 5.74) is 4.43. The molecule has 3 saturated heterocycles. The Kier molecular flexibility index (Phi) is 10.6. The fraction of sp³-hybridized carbons (Fsp3) is 0.559. The summed E-state index contributed by atoms with van der Waals surface area (Å²) in [5, 5.41) is 0. The Morgan fingerprint density at radius 1 is 1.00 bits per heavy atom. The third kappa shape index (κ3) is 7.79. The largest absolute Gasteiger partial charge is 0.458 e. The summed E-state index contributed by atoms with van der Waals surface area (Å²) in [6.45, 7) is 11.3. The van der Waals surface area contributed by atoms with Crippen molar-refractivity contribution in [1.82, 2.24) is 0 Å². The summed E-state index contributed by atoms with van der Waals surface area (Å²) in [7, 11) is 0. The molecule has 5 rings (SSSR count). The molecule has 0 N–H and O–H groups in total. The van der Waals surface area contributed by atoms with Gasteiger partial charge in [-0.05, 0) is 60.3 Å². The van der Waals surface area contributed by atoms with E-state index in [9.17, 15) is 4.79 Å². The van der Waals surface area contributed by atoms with Crippen LogP contribution in [-0.2, 0) is 28.5 Å². The van der Waals surface area contributed by atoms with Gasteiger partial charge in [0.05, 0.1) is 37.1 Å². The predicted octanol–water partition coefficient (Wildman–Crippen LogP) is 7.64. The SMILES string of the molecule is C=C1CC2C[C@H]3CCO[C@H](O3)c3cccc(c3)/C=C/C[C@@H]3O[C@H](/C(C)=C\I)[C@H](C)[C@@H](OC(=O)/C=C\C[C@@H](C1)O2)[C@H]3C. The number of fused-ring (bicyclic) bond motifs is 9. The minimum atomic E-state index is -0.391. The first-order chi connectivity index (χ1) is 19.8. The number of esters is 1. The van der Waals surface area contributed by atoms with Gasteiger partial charge in [-0.15, -0.1) is 0 Å². The number of benzene rings is 1. The lowest BCUT2D eigenvalue weighted by molar-refractivity contribution is -0.225. The Balaban J connectivity index is 1.42. The van der Waals surface area contributed by atoms with Crippen LogP contribution in [0, 0.1) is 11.8 Å². The zero-order valence-electron chi connectivity index (χ0n) is 24.4. The monoisotopic (exact) mass is 674 g/mol. The van der Waals surface area contributed by atoms with Gasteiger partial charge in [0.25, 0.3) is 0 Å². The van der Waals surface area contributed by atoms with Gasteiger partial charge in [-0.25, -0.2) is 4.79 Å². The molecule has 4 heterocycles. The lowest BCUT2D eigenvalue weighted by Gasteiger charge is -2.44. The van der Waals surface area contributed by atoms with Crippen molar-refractivity contribution in [1.29, 1.82) is 0 Å². The number of ether oxygens (including phenoxy) is 5. The highest BCUT2D eigenvalue weighted by atomic mass is 127. The van der Waals surface area contributed by atoms with Crippen LogP contribution in [0.1, 0.15) is 76.7 Å². The van der Waals surface area contributed by atoms with Crippen LogP contribution in [0.2, 0.25) is 0 Å². The highest BCUT2D eigenvalue weighted by molar-refractivity contribution is 14.1. The quantitative estimate of drug-likeness (QED) is 0.174. The second kappa shape index (κ2) is 14.1. The molecule has 4 aliphatic rings.